The summed E-state index contributed by atoms with van der Waals surface area (Å²) in [5, 5.41) is 2.25. The van der Waals surface area contributed by atoms with Crippen molar-refractivity contribution in [1.82, 2.24) is 5.32 Å². The molecular formula is C15H36N2O2. The van der Waals surface area contributed by atoms with Gasteiger partial charge in [-0.3, -0.25) is 9.59 Å². The molecule has 0 spiro atoms. The maximum Gasteiger partial charge on any atom is 0.217 e. The lowest BCUT2D eigenvalue weighted by Gasteiger charge is -2.10. The van der Waals surface area contributed by atoms with Gasteiger partial charge in [-0.05, 0) is 18.3 Å². The standard InChI is InChI=1S/C8H17NO.C3H8.C2H5NO.C2H6/c1-6(2)4-7(3)5-8(9)10;1-3-2;1-3-2-4;1-2/h6-7H,4-5H2,1-3H3,(H2,9,10);3H2,1-2H3;2H,1H3,(H,3,4);1-2H3. The maximum atomic E-state index is 10.4. The van der Waals surface area contributed by atoms with Crippen LogP contribution in [0.3, 0.4) is 0 Å². The van der Waals surface area contributed by atoms with Gasteiger partial charge in [0.2, 0.25) is 12.3 Å². The van der Waals surface area contributed by atoms with E-state index in [4.69, 9.17) is 10.5 Å². The molecule has 1 atom stereocenters. The van der Waals surface area contributed by atoms with E-state index in [0.29, 0.717) is 24.7 Å². The minimum Gasteiger partial charge on any atom is -0.370 e. The molecule has 4 nitrogen and oxygen atoms in total. The molecule has 1 unspecified atom stereocenters. The SMILES string of the molecule is CC.CC(C)CC(C)CC(N)=O.CCC.CNC=O. The van der Waals surface area contributed by atoms with Crippen molar-refractivity contribution in [3.05, 3.63) is 0 Å². The van der Waals surface area contributed by atoms with Crippen LogP contribution in [0, 0.1) is 11.8 Å². The predicted octanol–water partition coefficient (Wildman–Crippen LogP) is 3.35. The Morgan fingerprint density at radius 3 is 1.68 bits per heavy atom. The van der Waals surface area contributed by atoms with E-state index in [-0.39, 0.29) is 5.91 Å². The Bertz CT molecular complexity index is 172. The average molecular weight is 276 g/mol. The van der Waals surface area contributed by atoms with Gasteiger partial charge < -0.3 is 11.1 Å². The molecule has 0 aromatic heterocycles. The van der Waals surface area contributed by atoms with Crippen molar-refractivity contribution in [3.63, 3.8) is 0 Å². The number of amides is 2. The number of primary amides is 1. The molecule has 2 amide bonds. The van der Waals surface area contributed by atoms with E-state index < -0.39 is 0 Å². The number of hydrogen-bond donors (Lipinski definition) is 2. The topological polar surface area (TPSA) is 72.2 Å². The third-order valence-corrected chi connectivity index (χ3v) is 1.54. The van der Waals surface area contributed by atoms with Crippen LogP contribution in [-0.4, -0.2) is 19.4 Å². The quantitative estimate of drug-likeness (QED) is 0.756. The number of carbonyl (C=O) groups excluding carboxylic acids is 2. The highest BCUT2D eigenvalue weighted by molar-refractivity contribution is 5.73. The molecule has 3 N–H and O–H groups in total. The van der Waals surface area contributed by atoms with E-state index in [0.717, 1.165) is 6.42 Å². The fourth-order valence-electron chi connectivity index (χ4n) is 1.23. The van der Waals surface area contributed by atoms with E-state index in [1.165, 1.54) is 6.42 Å². The molecule has 4 heteroatoms. The van der Waals surface area contributed by atoms with E-state index in [1.807, 2.05) is 13.8 Å². The van der Waals surface area contributed by atoms with Crippen LogP contribution in [0.4, 0.5) is 0 Å². The monoisotopic (exact) mass is 276 g/mol. The van der Waals surface area contributed by atoms with Gasteiger partial charge in [0, 0.05) is 13.5 Å². The van der Waals surface area contributed by atoms with Crippen LogP contribution < -0.4 is 11.1 Å². The van der Waals surface area contributed by atoms with Crippen LogP contribution in [0.25, 0.3) is 0 Å². The Morgan fingerprint density at radius 2 is 1.53 bits per heavy atom. The van der Waals surface area contributed by atoms with Crippen LogP contribution in [0.15, 0.2) is 0 Å². The Balaban J connectivity index is -0.000000104. The van der Waals surface area contributed by atoms with Gasteiger partial charge in [-0.1, -0.05) is 54.9 Å². The van der Waals surface area contributed by atoms with E-state index in [1.54, 1.807) is 7.05 Å². The van der Waals surface area contributed by atoms with E-state index in [2.05, 4.69) is 39.9 Å². The molecule has 0 aliphatic carbocycles. The number of carbonyl (C=O) groups is 2. The molecule has 0 saturated carbocycles. The van der Waals surface area contributed by atoms with Crippen LogP contribution >= 0.6 is 0 Å². The highest BCUT2D eigenvalue weighted by Gasteiger charge is 2.07. The van der Waals surface area contributed by atoms with Crippen molar-refractivity contribution >= 4 is 12.3 Å². The normalized spacial score (nSPS) is 9.53. The first-order valence-electron chi connectivity index (χ1n) is 7.24. The van der Waals surface area contributed by atoms with Gasteiger partial charge in [-0.15, -0.1) is 0 Å². The zero-order valence-corrected chi connectivity index (χ0v) is 14.2. The van der Waals surface area contributed by atoms with Gasteiger partial charge in [-0.25, -0.2) is 0 Å². The van der Waals surface area contributed by atoms with Gasteiger partial charge >= 0.3 is 0 Å². The Morgan fingerprint density at radius 1 is 1.21 bits per heavy atom. The van der Waals surface area contributed by atoms with E-state index in [9.17, 15) is 4.79 Å². The van der Waals surface area contributed by atoms with E-state index >= 15 is 0 Å². The second kappa shape index (κ2) is 25.7. The Labute approximate surface area is 120 Å². The van der Waals surface area contributed by atoms with Gasteiger partial charge in [-0.2, -0.15) is 0 Å². The lowest BCUT2D eigenvalue weighted by molar-refractivity contribution is -0.118. The molecule has 19 heavy (non-hydrogen) atoms. The van der Waals surface area contributed by atoms with Crippen LogP contribution in [0.5, 0.6) is 0 Å². The molecule has 0 aliphatic rings. The van der Waals surface area contributed by atoms with Crippen molar-refractivity contribution in [2.45, 2.75) is 67.7 Å². The summed E-state index contributed by atoms with van der Waals surface area (Å²) in [7, 11) is 1.56. The summed E-state index contributed by atoms with van der Waals surface area (Å²) >= 11 is 0. The second-order valence-electron chi connectivity index (χ2n) is 4.52. The van der Waals surface area contributed by atoms with Gasteiger partial charge in [0.1, 0.15) is 0 Å². The van der Waals surface area contributed by atoms with Crippen molar-refractivity contribution < 1.29 is 9.59 Å². The summed E-state index contributed by atoms with van der Waals surface area (Å²) in [4.78, 5) is 19.5. The fraction of sp³-hybridized carbons (Fsp3) is 0.867. The van der Waals surface area contributed by atoms with Gasteiger partial charge in [0.05, 0.1) is 0 Å². The Kier molecular flexibility index (Phi) is 35.8. The predicted molar refractivity (Wildman–Crippen MR) is 84.9 cm³/mol. The summed E-state index contributed by atoms with van der Waals surface area (Å²) in [5.74, 6) is 0.917. The third kappa shape index (κ3) is 60.0. The first kappa shape index (κ1) is 26.5. The Hall–Kier alpha value is -1.06. The summed E-state index contributed by atoms with van der Waals surface area (Å²) in [6.07, 6.45) is 3.49. The van der Waals surface area contributed by atoms with Crippen molar-refractivity contribution in [2.24, 2.45) is 17.6 Å². The minimum absolute atomic E-state index is 0.187. The van der Waals surface area contributed by atoms with Gasteiger partial charge in [0.15, 0.2) is 0 Å². The highest BCUT2D eigenvalue weighted by atomic mass is 16.1. The summed E-state index contributed by atoms with van der Waals surface area (Å²) < 4.78 is 0. The molecule has 0 bridgehead atoms. The zero-order valence-electron chi connectivity index (χ0n) is 14.2. The summed E-state index contributed by atoms with van der Waals surface area (Å²) in [5.41, 5.74) is 5.03. The number of hydrogen-bond acceptors (Lipinski definition) is 2. The number of nitrogens with two attached hydrogens (primary N) is 1. The highest BCUT2D eigenvalue weighted by Crippen LogP contribution is 2.13. The number of nitrogens with one attached hydrogen (secondary N) is 1. The second-order valence-corrected chi connectivity index (χ2v) is 4.52. The molecular weight excluding hydrogens is 240 g/mol. The summed E-state index contributed by atoms with van der Waals surface area (Å²) in [6, 6.07) is 0. The molecule has 0 aliphatic heterocycles. The number of rotatable bonds is 5. The van der Waals surface area contributed by atoms with Crippen LogP contribution in [0.1, 0.15) is 67.7 Å². The fourth-order valence-corrected chi connectivity index (χ4v) is 1.23. The third-order valence-electron chi connectivity index (χ3n) is 1.54. The zero-order chi connectivity index (χ0) is 16.3. The summed E-state index contributed by atoms with van der Waals surface area (Å²) in [6.45, 7) is 14.6. The molecule has 0 aromatic carbocycles. The van der Waals surface area contributed by atoms with Gasteiger partial charge in [0.25, 0.3) is 0 Å². The van der Waals surface area contributed by atoms with Crippen LogP contribution in [-0.2, 0) is 9.59 Å². The molecule has 0 fully saturated rings. The minimum atomic E-state index is -0.187. The molecule has 0 radical (unpaired) electrons. The van der Waals surface area contributed by atoms with Crippen molar-refractivity contribution in [3.8, 4) is 0 Å². The average Bonchev–Trinajstić information content (AvgIpc) is 2.31. The van der Waals surface area contributed by atoms with Crippen molar-refractivity contribution in [1.29, 1.82) is 0 Å². The lowest BCUT2D eigenvalue weighted by Crippen LogP contribution is -2.15. The largest absolute Gasteiger partial charge is 0.370 e. The van der Waals surface area contributed by atoms with Crippen molar-refractivity contribution in [2.75, 3.05) is 7.05 Å². The van der Waals surface area contributed by atoms with Crippen LogP contribution in [0.2, 0.25) is 0 Å². The molecule has 0 rings (SSSR count). The molecule has 0 saturated heterocycles. The smallest absolute Gasteiger partial charge is 0.217 e. The molecule has 0 heterocycles. The lowest BCUT2D eigenvalue weighted by atomic mass is 9.96. The molecule has 0 aromatic rings. The maximum absolute atomic E-state index is 10.4. The first-order chi connectivity index (χ1) is 8.85. The first-order valence-corrected chi connectivity index (χ1v) is 7.24. The molecule has 118 valence electrons.